The Hall–Kier alpha value is -3.36. The van der Waals surface area contributed by atoms with Crippen molar-refractivity contribution in [1.29, 1.82) is 0 Å². The van der Waals surface area contributed by atoms with Gasteiger partial charge in [0.25, 0.3) is 10.0 Å². The van der Waals surface area contributed by atoms with E-state index in [4.69, 9.17) is 11.6 Å². The van der Waals surface area contributed by atoms with Crippen molar-refractivity contribution in [2.24, 2.45) is 0 Å². The minimum absolute atomic E-state index is 0.0547. The van der Waals surface area contributed by atoms with Crippen molar-refractivity contribution in [3.63, 3.8) is 0 Å². The maximum Gasteiger partial charge on any atom is 0.264 e. The third-order valence-electron chi connectivity index (χ3n) is 6.41. The van der Waals surface area contributed by atoms with Crippen molar-refractivity contribution in [2.45, 2.75) is 58.0 Å². The lowest BCUT2D eigenvalue weighted by atomic mass is 10.1. The molecule has 1 N–H and O–H groups in total. The van der Waals surface area contributed by atoms with Crippen LogP contribution < -0.4 is 9.62 Å². The number of hydrogen-bond donors (Lipinski definition) is 1. The van der Waals surface area contributed by atoms with Crippen molar-refractivity contribution in [3.8, 4) is 0 Å². The maximum atomic E-state index is 13.9. The van der Waals surface area contributed by atoms with E-state index < -0.39 is 28.5 Å². The highest BCUT2D eigenvalue weighted by atomic mass is 35.5. The first-order chi connectivity index (χ1) is 18.4. The first-order valence-electron chi connectivity index (χ1n) is 12.9. The van der Waals surface area contributed by atoms with E-state index in [9.17, 15) is 18.0 Å². The van der Waals surface area contributed by atoms with Crippen LogP contribution in [0.2, 0.25) is 5.02 Å². The summed E-state index contributed by atoms with van der Waals surface area (Å²) in [4.78, 5) is 28.3. The minimum atomic E-state index is -4.13. The van der Waals surface area contributed by atoms with Gasteiger partial charge in [-0.2, -0.15) is 0 Å². The number of amides is 2. The van der Waals surface area contributed by atoms with Gasteiger partial charge < -0.3 is 10.2 Å². The van der Waals surface area contributed by atoms with Crippen LogP contribution in [0, 0.1) is 13.8 Å². The van der Waals surface area contributed by atoms with Gasteiger partial charge in [-0.3, -0.25) is 13.9 Å². The molecule has 0 aliphatic rings. The molecule has 3 aromatic carbocycles. The van der Waals surface area contributed by atoms with Gasteiger partial charge in [-0.15, -0.1) is 0 Å². The fourth-order valence-electron chi connectivity index (χ4n) is 4.08. The Balaban J connectivity index is 2.00. The molecular formula is C30H36ClN3O4S. The van der Waals surface area contributed by atoms with Gasteiger partial charge in [-0.05, 0) is 76.4 Å². The molecule has 0 unspecified atom stereocenters. The predicted octanol–water partition coefficient (Wildman–Crippen LogP) is 5.14. The molecule has 3 aromatic rings. The summed E-state index contributed by atoms with van der Waals surface area (Å²) in [7, 11) is -4.13. The molecule has 0 spiro atoms. The normalized spacial score (nSPS) is 12.2. The molecule has 0 aliphatic heterocycles. The Labute approximate surface area is 236 Å². The second kappa shape index (κ2) is 13.1. The number of sulfonamides is 1. The number of aryl methyl sites for hydroxylation is 2. The third kappa shape index (κ3) is 7.83. The van der Waals surface area contributed by atoms with Gasteiger partial charge in [0.1, 0.15) is 12.6 Å². The standard InChI is InChI=1S/C30H36ClN3O4S/c1-21(2)32-30(36)24(5)33(18-17-25-9-7-6-8-10-25)29(35)20-34(26-14-13-23(4)28(31)19-26)39(37,38)27-15-11-22(3)12-16-27/h6-16,19,21,24H,17-18,20H2,1-5H3,(H,32,36)/t24-/m0/s1. The van der Waals surface area contributed by atoms with Gasteiger partial charge in [0, 0.05) is 17.6 Å². The number of anilines is 1. The van der Waals surface area contributed by atoms with Crippen molar-refractivity contribution >= 4 is 39.1 Å². The van der Waals surface area contributed by atoms with Crippen LogP contribution in [-0.4, -0.2) is 50.3 Å². The van der Waals surface area contributed by atoms with E-state index in [2.05, 4.69) is 5.32 Å². The molecule has 0 fully saturated rings. The highest BCUT2D eigenvalue weighted by Crippen LogP contribution is 2.28. The summed E-state index contributed by atoms with van der Waals surface area (Å²) in [5.74, 6) is -0.803. The summed E-state index contributed by atoms with van der Waals surface area (Å²) < 4.78 is 28.8. The Kier molecular flexibility index (Phi) is 10.2. The van der Waals surface area contributed by atoms with Crippen molar-refractivity contribution in [1.82, 2.24) is 10.2 Å². The number of rotatable bonds is 11. The van der Waals surface area contributed by atoms with E-state index in [-0.39, 0.29) is 29.1 Å². The fraction of sp³-hybridized carbons (Fsp3) is 0.333. The summed E-state index contributed by atoms with van der Waals surface area (Å²) in [6, 6.07) is 20.0. The molecule has 0 aromatic heterocycles. The topological polar surface area (TPSA) is 86.8 Å². The summed E-state index contributed by atoms with van der Waals surface area (Å²) >= 11 is 6.36. The molecule has 0 bridgehead atoms. The summed E-state index contributed by atoms with van der Waals surface area (Å²) in [5.41, 5.74) is 2.96. The Bertz CT molecular complexity index is 1390. The molecule has 0 saturated heterocycles. The predicted molar refractivity (Wildman–Crippen MR) is 156 cm³/mol. The highest BCUT2D eigenvalue weighted by molar-refractivity contribution is 7.92. The maximum absolute atomic E-state index is 13.9. The molecule has 2 amide bonds. The highest BCUT2D eigenvalue weighted by Gasteiger charge is 2.32. The van der Waals surface area contributed by atoms with E-state index in [1.807, 2.05) is 58.0 Å². The number of carbonyl (C=O) groups is 2. The van der Waals surface area contributed by atoms with Gasteiger partial charge in [0.05, 0.1) is 10.6 Å². The van der Waals surface area contributed by atoms with Crippen LogP contribution >= 0.6 is 11.6 Å². The molecule has 9 heteroatoms. The zero-order valence-electron chi connectivity index (χ0n) is 23.0. The van der Waals surface area contributed by atoms with Crippen LogP contribution in [0.3, 0.4) is 0 Å². The lowest BCUT2D eigenvalue weighted by molar-refractivity contribution is -0.139. The Morgan fingerprint density at radius 2 is 1.56 bits per heavy atom. The molecular weight excluding hydrogens is 534 g/mol. The fourth-order valence-corrected chi connectivity index (χ4v) is 5.66. The number of benzene rings is 3. The molecule has 1 atom stereocenters. The second-order valence-corrected chi connectivity index (χ2v) is 12.2. The zero-order chi connectivity index (χ0) is 28.7. The molecule has 0 radical (unpaired) electrons. The lowest BCUT2D eigenvalue weighted by Crippen LogP contribution is -2.53. The van der Waals surface area contributed by atoms with Crippen LogP contribution in [0.4, 0.5) is 5.69 Å². The van der Waals surface area contributed by atoms with Crippen molar-refractivity contribution in [2.75, 3.05) is 17.4 Å². The van der Waals surface area contributed by atoms with Crippen LogP contribution in [0.5, 0.6) is 0 Å². The minimum Gasteiger partial charge on any atom is -0.352 e. The van der Waals surface area contributed by atoms with E-state index in [0.717, 1.165) is 21.0 Å². The first kappa shape index (κ1) is 30.2. The Morgan fingerprint density at radius 3 is 2.15 bits per heavy atom. The molecule has 208 valence electrons. The molecule has 0 saturated carbocycles. The summed E-state index contributed by atoms with van der Waals surface area (Å²) in [5, 5.41) is 3.24. The van der Waals surface area contributed by atoms with E-state index in [0.29, 0.717) is 11.4 Å². The van der Waals surface area contributed by atoms with Gasteiger partial charge in [0.15, 0.2) is 0 Å². The van der Waals surface area contributed by atoms with Gasteiger partial charge in [-0.25, -0.2) is 8.42 Å². The van der Waals surface area contributed by atoms with E-state index in [1.54, 1.807) is 37.3 Å². The van der Waals surface area contributed by atoms with Crippen LogP contribution in [0.15, 0.2) is 77.7 Å². The number of carbonyl (C=O) groups excluding carboxylic acids is 2. The molecule has 39 heavy (non-hydrogen) atoms. The number of nitrogens with one attached hydrogen (secondary N) is 1. The monoisotopic (exact) mass is 569 g/mol. The smallest absolute Gasteiger partial charge is 0.264 e. The van der Waals surface area contributed by atoms with E-state index in [1.165, 1.54) is 17.0 Å². The van der Waals surface area contributed by atoms with Gasteiger partial charge >= 0.3 is 0 Å². The van der Waals surface area contributed by atoms with Crippen molar-refractivity contribution < 1.29 is 18.0 Å². The van der Waals surface area contributed by atoms with Crippen LogP contribution in [-0.2, 0) is 26.0 Å². The second-order valence-electron chi connectivity index (χ2n) is 9.92. The quantitative estimate of drug-likeness (QED) is 0.346. The number of nitrogens with zero attached hydrogens (tertiary/aromatic N) is 2. The first-order valence-corrected chi connectivity index (χ1v) is 14.7. The lowest BCUT2D eigenvalue weighted by Gasteiger charge is -2.32. The summed E-state index contributed by atoms with van der Waals surface area (Å²) in [6.07, 6.45) is 0.507. The van der Waals surface area contributed by atoms with Gasteiger partial charge in [0.2, 0.25) is 11.8 Å². The SMILES string of the molecule is Cc1ccc(S(=O)(=O)N(CC(=O)N(CCc2ccccc2)[C@@H](C)C(=O)NC(C)C)c2ccc(C)c(Cl)c2)cc1. The third-order valence-corrected chi connectivity index (χ3v) is 8.61. The van der Waals surface area contributed by atoms with Crippen molar-refractivity contribution in [3.05, 3.63) is 94.5 Å². The molecule has 7 nitrogen and oxygen atoms in total. The van der Waals surface area contributed by atoms with Gasteiger partial charge in [-0.1, -0.05) is 65.7 Å². The molecule has 0 heterocycles. The summed E-state index contributed by atoms with van der Waals surface area (Å²) in [6.45, 7) is 8.77. The van der Waals surface area contributed by atoms with Crippen LogP contribution in [0.1, 0.15) is 37.5 Å². The molecule has 0 aliphatic carbocycles. The number of hydrogen-bond acceptors (Lipinski definition) is 4. The van der Waals surface area contributed by atoms with Crippen LogP contribution in [0.25, 0.3) is 0 Å². The largest absolute Gasteiger partial charge is 0.352 e. The average molecular weight is 570 g/mol. The average Bonchev–Trinajstić information content (AvgIpc) is 2.89. The molecule has 3 rings (SSSR count). The zero-order valence-corrected chi connectivity index (χ0v) is 24.6. The number of halogens is 1. The Morgan fingerprint density at radius 1 is 0.923 bits per heavy atom. The van der Waals surface area contributed by atoms with E-state index >= 15 is 0 Å².